The highest BCUT2D eigenvalue weighted by Gasteiger charge is 2.49. The van der Waals surface area contributed by atoms with Crippen LogP contribution in [0.4, 0.5) is 5.69 Å². The Morgan fingerprint density at radius 2 is 2.19 bits per heavy atom. The third kappa shape index (κ3) is 2.12. The molecule has 2 aromatic rings. The van der Waals surface area contributed by atoms with Crippen molar-refractivity contribution in [1.29, 1.82) is 0 Å². The van der Waals surface area contributed by atoms with Crippen molar-refractivity contribution < 1.29 is 14.8 Å². The molecule has 1 fully saturated rings. The van der Waals surface area contributed by atoms with Crippen LogP contribution >= 0.6 is 0 Å². The molecule has 0 amide bonds. The maximum atomic E-state index is 11.1. The number of nitro groups is 1. The Hall–Kier alpha value is -2.21. The van der Waals surface area contributed by atoms with Gasteiger partial charge in [0.25, 0.3) is 5.69 Å². The van der Waals surface area contributed by atoms with Crippen LogP contribution in [0.1, 0.15) is 20.3 Å². The number of rotatable bonds is 3. The van der Waals surface area contributed by atoms with Crippen molar-refractivity contribution in [3.63, 3.8) is 0 Å². The number of aromatic nitrogens is 1. The summed E-state index contributed by atoms with van der Waals surface area (Å²) in [6.07, 6.45) is 1.62. The number of fused-ring (bicyclic) bond motifs is 1. The molecule has 0 aliphatic heterocycles. The molecule has 1 aliphatic carbocycles. The second-order valence-corrected chi connectivity index (χ2v) is 5.92. The fraction of sp³-hybridized carbons (Fsp3) is 0.400. The molecule has 0 bridgehead atoms. The van der Waals surface area contributed by atoms with Gasteiger partial charge in [-0.1, -0.05) is 13.8 Å². The van der Waals surface area contributed by atoms with E-state index in [2.05, 4.69) is 4.98 Å². The van der Waals surface area contributed by atoms with Gasteiger partial charge in [0.2, 0.25) is 0 Å². The van der Waals surface area contributed by atoms with Crippen LogP contribution in [0.3, 0.4) is 0 Å². The van der Waals surface area contributed by atoms with Crippen molar-refractivity contribution in [2.45, 2.75) is 32.5 Å². The fourth-order valence-corrected chi connectivity index (χ4v) is 2.60. The molecule has 6 nitrogen and oxygen atoms in total. The molecule has 2 atom stereocenters. The topological polar surface area (TPSA) is 85.5 Å². The number of nitrogens with zero attached hydrogens (tertiary/aromatic N) is 2. The number of aliphatic hydroxyl groups is 1. The van der Waals surface area contributed by atoms with Crippen molar-refractivity contribution in [2.75, 3.05) is 0 Å². The fourth-order valence-electron chi connectivity index (χ4n) is 2.60. The highest BCUT2D eigenvalue weighted by Crippen LogP contribution is 2.44. The Balaban J connectivity index is 2.01. The average Bonchev–Trinajstić information content (AvgIpc) is 2.46. The SMILES string of the molecule is CC1(C)C(O)CC1Oc1ccc([N+](=O)[O-])c2cccnc12. The lowest BCUT2D eigenvalue weighted by Gasteiger charge is -2.48. The van der Waals surface area contributed by atoms with Crippen LogP contribution in [0.25, 0.3) is 10.9 Å². The van der Waals surface area contributed by atoms with E-state index >= 15 is 0 Å². The second kappa shape index (κ2) is 4.66. The maximum absolute atomic E-state index is 11.1. The number of non-ortho nitro benzene ring substituents is 1. The van der Waals surface area contributed by atoms with Gasteiger partial charge in [-0.3, -0.25) is 15.1 Å². The number of pyridine rings is 1. The second-order valence-electron chi connectivity index (χ2n) is 5.92. The summed E-state index contributed by atoms with van der Waals surface area (Å²) in [7, 11) is 0. The van der Waals surface area contributed by atoms with Crippen LogP contribution in [-0.4, -0.2) is 27.2 Å². The minimum absolute atomic E-state index is 0.0124. The number of aliphatic hydroxyl groups excluding tert-OH is 1. The zero-order chi connectivity index (χ0) is 15.2. The molecule has 1 aromatic carbocycles. The normalized spacial score (nSPS) is 23.6. The van der Waals surface area contributed by atoms with Crippen molar-refractivity contribution in [1.82, 2.24) is 4.98 Å². The lowest BCUT2D eigenvalue weighted by Crippen LogP contribution is -2.56. The van der Waals surface area contributed by atoms with Gasteiger partial charge in [0.15, 0.2) is 0 Å². The van der Waals surface area contributed by atoms with Gasteiger partial charge in [-0.2, -0.15) is 0 Å². The lowest BCUT2D eigenvalue weighted by molar-refractivity contribution is -0.383. The van der Waals surface area contributed by atoms with E-state index in [9.17, 15) is 15.2 Å². The quantitative estimate of drug-likeness (QED) is 0.693. The standard InChI is InChI=1S/C15H16N2O4/c1-15(2)12(18)8-13(15)21-11-6-5-10(17(19)20)9-4-3-7-16-14(9)11/h3-7,12-13,18H,8H2,1-2H3. The summed E-state index contributed by atoms with van der Waals surface area (Å²) in [5.41, 5.74) is 0.158. The summed E-state index contributed by atoms with van der Waals surface area (Å²) in [5.74, 6) is 0.515. The van der Waals surface area contributed by atoms with E-state index in [0.717, 1.165) is 0 Å². The van der Waals surface area contributed by atoms with Crippen molar-refractivity contribution >= 4 is 16.6 Å². The molecule has 1 aliphatic rings. The molecule has 2 unspecified atom stereocenters. The van der Waals surface area contributed by atoms with Crippen molar-refractivity contribution in [3.8, 4) is 5.75 Å². The Morgan fingerprint density at radius 1 is 1.43 bits per heavy atom. The predicted molar refractivity (Wildman–Crippen MR) is 77.2 cm³/mol. The highest BCUT2D eigenvalue weighted by molar-refractivity contribution is 5.92. The van der Waals surface area contributed by atoms with Gasteiger partial charge < -0.3 is 9.84 Å². The largest absolute Gasteiger partial charge is 0.487 e. The zero-order valence-electron chi connectivity index (χ0n) is 11.8. The van der Waals surface area contributed by atoms with E-state index in [-0.39, 0.29) is 23.3 Å². The molecule has 1 aromatic heterocycles. The Labute approximate surface area is 121 Å². The summed E-state index contributed by atoms with van der Waals surface area (Å²) >= 11 is 0. The summed E-state index contributed by atoms with van der Waals surface area (Å²) in [6, 6.07) is 6.33. The Kier molecular flexibility index (Phi) is 3.06. The molecule has 3 rings (SSSR count). The minimum atomic E-state index is -0.426. The van der Waals surface area contributed by atoms with E-state index in [1.807, 2.05) is 13.8 Å². The average molecular weight is 288 g/mol. The van der Waals surface area contributed by atoms with Crippen LogP contribution < -0.4 is 4.74 Å². The van der Waals surface area contributed by atoms with Crippen molar-refractivity contribution in [2.24, 2.45) is 5.41 Å². The number of hydrogen-bond donors (Lipinski definition) is 1. The number of ether oxygens (including phenoxy) is 1. The van der Waals surface area contributed by atoms with E-state index in [0.29, 0.717) is 23.1 Å². The van der Waals surface area contributed by atoms with Crippen LogP contribution in [0.2, 0.25) is 0 Å². The summed E-state index contributed by atoms with van der Waals surface area (Å²) in [4.78, 5) is 14.9. The number of hydrogen-bond acceptors (Lipinski definition) is 5. The first-order chi connectivity index (χ1) is 9.91. The summed E-state index contributed by atoms with van der Waals surface area (Å²) in [5, 5.41) is 21.3. The number of nitro benzene ring substituents is 1. The molecule has 1 N–H and O–H groups in total. The zero-order valence-corrected chi connectivity index (χ0v) is 11.8. The third-order valence-corrected chi connectivity index (χ3v) is 4.30. The molecule has 21 heavy (non-hydrogen) atoms. The molecular formula is C15H16N2O4. The van der Waals surface area contributed by atoms with E-state index in [1.165, 1.54) is 6.07 Å². The van der Waals surface area contributed by atoms with Crippen LogP contribution in [0.5, 0.6) is 5.75 Å². The molecule has 0 radical (unpaired) electrons. The molecule has 110 valence electrons. The highest BCUT2D eigenvalue weighted by atomic mass is 16.6. The van der Waals surface area contributed by atoms with Gasteiger partial charge >= 0.3 is 0 Å². The van der Waals surface area contributed by atoms with Gasteiger partial charge in [0.05, 0.1) is 16.4 Å². The van der Waals surface area contributed by atoms with Gasteiger partial charge in [0, 0.05) is 24.1 Å². The van der Waals surface area contributed by atoms with Gasteiger partial charge in [-0.05, 0) is 18.2 Å². The van der Waals surface area contributed by atoms with Crippen LogP contribution in [0, 0.1) is 15.5 Å². The van der Waals surface area contributed by atoms with E-state index in [4.69, 9.17) is 4.74 Å². The third-order valence-electron chi connectivity index (χ3n) is 4.30. The molecule has 0 saturated heterocycles. The minimum Gasteiger partial charge on any atom is -0.487 e. The Bertz CT molecular complexity index is 714. The number of benzene rings is 1. The summed E-state index contributed by atoms with van der Waals surface area (Å²) < 4.78 is 5.94. The first-order valence-corrected chi connectivity index (χ1v) is 6.78. The van der Waals surface area contributed by atoms with Gasteiger partial charge in [-0.15, -0.1) is 0 Å². The molecule has 1 heterocycles. The molecule has 0 spiro atoms. The van der Waals surface area contributed by atoms with Gasteiger partial charge in [-0.25, -0.2) is 0 Å². The predicted octanol–water partition coefficient (Wildman–Crippen LogP) is 2.68. The van der Waals surface area contributed by atoms with Crippen LogP contribution in [0.15, 0.2) is 30.5 Å². The van der Waals surface area contributed by atoms with E-state index in [1.54, 1.807) is 24.4 Å². The smallest absolute Gasteiger partial charge is 0.279 e. The van der Waals surface area contributed by atoms with Gasteiger partial charge in [0.1, 0.15) is 17.4 Å². The lowest BCUT2D eigenvalue weighted by atomic mass is 9.66. The van der Waals surface area contributed by atoms with Crippen molar-refractivity contribution in [3.05, 3.63) is 40.6 Å². The monoisotopic (exact) mass is 288 g/mol. The van der Waals surface area contributed by atoms with E-state index < -0.39 is 4.92 Å². The first kappa shape index (κ1) is 13.8. The molecule has 1 saturated carbocycles. The Morgan fingerprint density at radius 3 is 2.81 bits per heavy atom. The molecular weight excluding hydrogens is 272 g/mol. The maximum Gasteiger partial charge on any atom is 0.279 e. The first-order valence-electron chi connectivity index (χ1n) is 6.78. The van der Waals surface area contributed by atoms with Crippen LogP contribution in [-0.2, 0) is 0 Å². The summed E-state index contributed by atoms with van der Waals surface area (Å²) in [6.45, 7) is 3.87. The molecule has 6 heteroatoms.